The SMILES string of the molecule is O=S(=O)(Nc1cc(F)cc(F)c1F)c1ccc(Br)cc1. The van der Waals surface area contributed by atoms with E-state index < -0.39 is 33.2 Å². The number of nitrogens with one attached hydrogen (secondary N) is 1. The average molecular weight is 366 g/mol. The Kier molecular flexibility index (Phi) is 4.05. The molecule has 0 unspecified atom stereocenters. The molecule has 0 aliphatic heterocycles. The van der Waals surface area contributed by atoms with Crippen LogP contribution in [0.1, 0.15) is 0 Å². The van der Waals surface area contributed by atoms with E-state index in [2.05, 4.69) is 15.9 Å². The van der Waals surface area contributed by atoms with Crippen molar-refractivity contribution in [3.05, 3.63) is 58.3 Å². The topological polar surface area (TPSA) is 46.2 Å². The van der Waals surface area contributed by atoms with Crippen LogP contribution >= 0.6 is 15.9 Å². The number of benzene rings is 2. The fraction of sp³-hybridized carbons (Fsp3) is 0. The van der Waals surface area contributed by atoms with Gasteiger partial charge >= 0.3 is 0 Å². The molecule has 0 aliphatic rings. The first-order valence-corrected chi connectivity index (χ1v) is 7.50. The second-order valence-electron chi connectivity index (χ2n) is 3.81. The smallest absolute Gasteiger partial charge is 0.261 e. The maximum absolute atomic E-state index is 13.4. The van der Waals surface area contributed by atoms with Crippen molar-refractivity contribution in [2.75, 3.05) is 4.72 Å². The molecular weight excluding hydrogens is 359 g/mol. The molecule has 0 saturated heterocycles. The first-order chi connectivity index (χ1) is 9.29. The van der Waals surface area contributed by atoms with E-state index in [0.29, 0.717) is 16.6 Å². The summed E-state index contributed by atoms with van der Waals surface area (Å²) in [6, 6.07) is 6.36. The quantitative estimate of drug-likeness (QED) is 0.843. The van der Waals surface area contributed by atoms with Gasteiger partial charge in [0.1, 0.15) is 5.82 Å². The monoisotopic (exact) mass is 365 g/mol. The molecule has 0 atom stereocenters. The molecular formula is C12H7BrF3NO2S. The molecule has 0 heterocycles. The Morgan fingerprint density at radius 3 is 2.20 bits per heavy atom. The number of hydrogen-bond donors (Lipinski definition) is 1. The van der Waals surface area contributed by atoms with Gasteiger partial charge in [0.2, 0.25) is 0 Å². The molecule has 2 aromatic rings. The van der Waals surface area contributed by atoms with Crippen LogP contribution in [0, 0.1) is 17.5 Å². The summed E-state index contributed by atoms with van der Waals surface area (Å²) in [5.41, 5.74) is -0.787. The summed E-state index contributed by atoms with van der Waals surface area (Å²) in [4.78, 5) is -0.162. The van der Waals surface area contributed by atoms with Crippen molar-refractivity contribution in [3.8, 4) is 0 Å². The highest BCUT2D eigenvalue weighted by molar-refractivity contribution is 9.10. The predicted octanol–water partition coefficient (Wildman–Crippen LogP) is 3.67. The van der Waals surface area contributed by atoms with E-state index in [1.807, 2.05) is 0 Å². The summed E-state index contributed by atoms with van der Waals surface area (Å²) in [6.07, 6.45) is 0. The van der Waals surface area contributed by atoms with Crippen LogP contribution in [0.25, 0.3) is 0 Å². The molecule has 0 fully saturated rings. The maximum atomic E-state index is 13.4. The molecule has 0 aromatic heterocycles. The standard InChI is InChI=1S/C12H7BrF3NO2S/c13-7-1-3-9(4-2-7)20(18,19)17-11-6-8(14)5-10(15)12(11)16/h1-6,17H. The Morgan fingerprint density at radius 1 is 1.00 bits per heavy atom. The molecule has 0 aliphatic carbocycles. The van der Waals surface area contributed by atoms with Gasteiger partial charge in [-0.25, -0.2) is 21.6 Å². The van der Waals surface area contributed by atoms with E-state index >= 15 is 0 Å². The van der Waals surface area contributed by atoms with Gasteiger partial charge in [-0.15, -0.1) is 0 Å². The summed E-state index contributed by atoms with van der Waals surface area (Å²) in [7, 11) is -4.13. The Bertz CT molecular complexity index is 748. The number of anilines is 1. The molecule has 106 valence electrons. The van der Waals surface area contributed by atoms with Crippen LogP contribution in [0.2, 0.25) is 0 Å². The zero-order valence-corrected chi connectivity index (χ0v) is 12.1. The van der Waals surface area contributed by atoms with Gasteiger partial charge in [0.15, 0.2) is 11.6 Å². The summed E-state index contributed by atoms with van der Waals surface area (Å²) >= 11 is 3.14. The van der Waals surface area contributed by atoms with Crippen molar-refractivity contribution < 1.29 is 21.6 Å². The highest BCUT2D eigenvalue weighted by Crippen LogP contribution is 2.23. The Hall–Kier alpha value is -1.54. The third-order valence-corrected chi connectivity index (χ3v) is 4.27. The van der Waals surface area contributed by atoms with Gasteiger partial charge < -0.3 is 0 Å². The Balaban J connectivity index is 2.41. The largest absolute Gasteiger partial charge is 0.276 e. The molecule has 3 nitrogen and oxygen atoms in total. The van der Waals surface area contributed by atoms with E-state index in [0.717, 1.165) is 0 Å². The van der Waals surface area contributed by atoms with Crippen LogP contribution in [-0.4, -0.2) is 8.42 Å². The highest BCUT2D eigenvalue weighted by atomic mass is 79.9. The number of sulfonamides is 1. The van der Waals surface area contributed by atoms with Gasteiger partial charge in [-0.2, -0.15) is 0 Å². The minimum Gasteiger partial charge on any atom is -0.276 e. The van der Waals surface area contributed by atoms with Crippen molar-refractivity contribution in [1.29, 1.82) is 0 Å². The molecule has 0 saturated carbocycles. The van der Waals surface area contributed by atoms with Gasteiger partial charge in [-0.05, 0) is 24.3 Å². The molecule has 0 bridgehead atoms. The lowest BCUT2D eigenvalue weighted by Crippen LogP contribution is -2.14. The zero-order valence-electron chi connectivity index (χ0n) is 9.70. The first-order valence-electron chi connectivity index (χ1n) is 5.22. The normalized spacial score (nSPS) is 11.4. The van der Waals surface area contributed by atoms with E-state index in [1.165, 1.54) is 24.3 Å². The minimum absolute atomic E-state index is 0.162. The molecule has 0 amide bonds. The second-order valence-corrected chi connectivity index (χ2v) is 6.41. The third-order valence-electron chi connectivity index (χ3n) is 2.36. The number of rotatable bonds is 3. The summed E-state index contributed by atoms with van der Waals surface area (Å²) < 4.78 is 65.8. The van der Waals surface area contributed by atoms with Crippen molar-refractivity contribution in [3.63, 3.8) is 0 Å². The second kappa shape index (κ2) is 5.45. The lowest BCUT2D eigenvalue weighted by Gasteiger charge is -2.09. The molecule has 20 heavy (non-hydrogen) atoms. The maximum Gasteiger partial charge on any atom is 0.261 e. The molecule has 8 heteroatoms. The number of hydrogen-bond acceptors (Lipinski definition) is 2. The van der Waals surface area contributed by atoms with Crippen LogP contribution in [0.5, 0.6) is 0 Å². The van der Waals surface area contributed by atoms with Gasteiger partial charge in [0, 0.05) is 16.6 Å². The number of halogens is 4. The lowest BCUT2D eigenvalue weighted by molar-refractivity contribution is 0.498. The fourth-order valence-corrected chi connectivity index (χ4v) is 2.76. The van der Waals surface area contributed by atoms with Gasteiger partial charge in [-0.3, -0.25) is 4.72 Å². The van der Waals surface area contributed by atoms with Gasteiger partial charge in [0.25, 0.3) is 10.0 Å². The summed E-state index contributed by atoms with van der Waals surface area (Å²) in [6.45, 7) is 0. The van der Waals surface area contributed by atoms with E-state index in [9.17, 15) is 21.6 Å². The van der Waals surface area contributed by atoms with Crippen molar-refractivity contribution in [2.45, 2.75) is 4.90 Å². The van der Waals surface area contributed by atoms with E-state index in [1.54, 1.807) is 4.72 Å². The van der Waals surface area contributed by atoms with Crippen molar-refractivity contribution in [2.24, 2.45) is 0 Å². The first kappa shape index (κ1) is 14.9. The third kappa shape index (κ3) is 3.13. The fourth-order valence-electron chi connectivity index (χ4n) is 1.45. The van der Waals surface area contributed by atoms with Crippen LogP contribution in [0.3, 0.4) is 0 Å². The Morgan fingerprint density at radius 2 is 1.60 bits per heavy atom. The molecule has 1 N–H and O–H groups in total. The highest BCUT2D eigenvalue weighted by Gasteiger charge is 2.19. The van der Waals surface area contributed by atoms with E-state index in [4.69, 9.17) is 0 Å². The molecule has 0 spiro atoms. The lowest BCUT2D eigenvalue weighted by atomic mass is 10.3. The van der Waals surface area contributed by atoms with Crippen LogP contribution in [0.15, 0.2) is 45.8 Å². The Labute approximate surface area is 121 Å². The molecule has 2 rings (SSSR count). The summed E-state index contributed by atoms with van der Waals surface area (Å²) in [5, 5.41) is 0. The zero-order chi connectivity index (χ0) is 14.9. The average Bonchev–Trinajstić information content (AvgIpc) is 2.35. The van der Waals surface area contributed by atoms with Crippen molar-refractivity contribution >= 4 is 31.6 Å². The van der Waals surface area contributed by atoms with Crippen LogP contribution < -0.4 is 4.72 Å². The van der Waals surface area contributed by atoms with Crippen LogP contribution in [0.4, 0.5) is 18.9 Å². The molecule has 0 radical (unpaired) electrons. The summed E-state index contributed by atoms with van der Waals surface area (Å²) in [5.74, 6) is -4.03. The van der Waals surface area contributed by atoms with Gasteiger partial charge in [-0.1, -0.05) is 15.9 Å². The van der Waals surface area contributed by atoms with Crippen molar-refractivity contribution in [1.82, 2.24) is 0 Å². The van der Waals surface area contributed by atoms with E-state index in [-0.39, 0.29) is 4.90 Å². The van der Waals surface area contributed by atoms with Crippen LogP contribution in [-0.2, 0) is 10.0 Å². The minimum atomic E-state index is -4.13. The van der Waals surface area contributed by atoms with Gasteiger partial charge in [0.05, 0.1) is 10.6 Å². The predicted molar refractivity (Wildman–Crippen MR) is 71.3 cm³/mol. The molecule has 2 aromatic carbocycles.